The predicted molar refractivity (Wildman–Crippen MR) is 172 cm³/mol. The van der Waals surface area contributed by atoms with Crippen molar-refractivity contribution < 1.29 is 61.7 Å². The number of fused-ring (bicyclic) bond motifs is 1. The van der Waals surface area contributed by atoms with Crippen LogP contribution >= 0.6 is 23.5 Å². The summed E-state index contributed by atoms with van der Waals surface area (Å²) in [7, 11) is 1.52. The third-order valence-corrected chi connectivity index (χ3v) is 8.82. The van der Waals surface area contributed by atoms with E-state index in [9.17, 15) is 56.9 Å². The number of hydrogen-bond donors (Lipinski definition) is 3. The van der Waals surface area contributed by atoms with Gasteiger partial charge in [0, 0.05) is 19.7 Å². The Labute approximate surface area is 287 Å². The lowest BCUT2D eigenvalue weighted by molar-refractivity contribution is -0.140. The molecule has 1 saturated heterocycles. The van der Waals surface area contributed by atoms with Gasteiger partial charge in [-0.15, -0.1) is 11.8 Å². The zero-order chi connectivity index (χ0) is 37.2. The fraction of sp³-hybridized carbons (Fsp3) is 0.276. The van der Waals surface area contributed by atoms with Crippen molar-refractivity contribution in [3.63, 3.8) is 0 Å². The van der Waals surface area contributed by atoms with Crippen molar-refractivity contribution >= 4 is 79.8 Å². The summed E-state index contributed by atoms with van der Waals surface area (Å²) in [5.41, 5.74) is -2.87. The van der Waals surface area contributed by atoms with Gasteiger partial charge in [-0.25, -0.2) is 0 Å². The maximum absolute atomic E-state index is 13.5. The van der Waals surface area contributed by atoms with Crippen molar-refractivity contribution in [2.45, 2.75) is 19.6 Å². The second kappa shape index (κ2) is 14.6. The van der Waals surface area contributed by atoms with Crippen molar-refractivity contribution in [2.24, 2.45) is 0 Å². The highest BCUT2D eigenvalue weighted by Crippen LogP contribution is 2.43. The lowest BCUT2D eigenvalue weighted by atomic mass is 10.1. The average Bonchev–Trinajstić information content (AvgIpc) is 3.59. The van der Waals surface area contributed by atoms with Gasteiger partial charge in [-0.05, 0) is 49.2 Å². The third-order valence-electron chi connectivity index (χ3n) is 7.08. The largest absolute Gasteiger partial charge is 0.480 e. The number of carboxylic acid groups (broad SMARTS) is 3. The van der Waals surface area contributed by atoms with E-state index in [0.717, 1.165) is 18.2 Å². The fourth-order valence-corrected chi connectivity index (χ4v) is 6.53. The molecule has 0 bridgehead atoms. The highest BCUT2D eigenvalue weighted by atomic mass is 32.2. The Morgan fingerprint density at radius 1 is 1.00 bits per heavy atom. The Kier molecular flexibility index (Phi) is 10.9. The summed E-state index contributed by atoms with van der Waals surface area (Å²) in [6.07, 6.45) is 0.287. The maximum Gasteiger partial charge on any atom is 0.416 e. The molecule has 1 fully saturated rings. The summed E-state index contributed by atoms with van der Waals surface area (Å²) in [6, 6.07) is 3.23. The van der Waals surface area contributed by atoms with E-state index in [2.05, 4.69) is 0 Å². The minimum atomic E-state index is -4.58. The zero-order valence-electron chi connectivity index (χ0n) is 26.1. The van der Waals surface area contributed by atoms with Crippen LogP contribution in [0.15, 0.2) is 51.5 Å². The van der Waals surface area contributed by atoms with Crippen LogP contribution in [0.1, 0.15) is 12.5 Å². The van der Waals surface area contributed by atoms with Gasteiger partial charge in [0.2, 0.25) is 11.0 Å². The molecular weight excluding hydrogens is 715 g/mol. The molecule has 3 heterocycles. The van der Waals surface area contributed by atoms with Crippen LogP contribution in [-0.2, 0) is 36.7 Å². The van der Waals surface area contributed by atoms with Crippen LogP contribution in [0.3, 0.4) is 0 Å². The van der Waals surface area contributed by atoms with Crippen LogP contribution in [0, 0.1) is 0 Å². The lowest BCUT2D eigenvalue weighted by Gasteiger charge is -2.21. The maximum atomic E-state index is 13.5. The average molecular weight is 742 g/mol. The number of anilines is 2. The fourth-order valence-electron chi connectivity index (χ4n) is 4.97. The van der Waals surface area contributed by atoms with E-state index < -0.39 is 92.8 Å². The molecule has 0 aliphatic carbocycles. The van der Waals surface area contributed by atoms with E-state index >= 15 is 0 Å². The second-order valence-corrected chi connectivity index (χ2v) is 12.0. The first kappa shape index (κ1) is 37.4. The van der Waals surface area contributed by atoms with E-state index in [-0.39, 0.29) is 17.4 Å². The number of benzene rings is 1. The quantitative estimate of drug-likeness (QED) is 0.276. The van der Waals surface area contributed by atoms with Crippen LogP contribution in [0.4, 0.5) is 29.3 Å². The molecule has 3 amide bonds. The predicted octanol–water partition coefficient (Wildman–Crippen LogP) is 1.15. The van der Waals surface area contributed by atoms with Crippen molar-refractivity contribution in [3.8, 4) is 0 Å². The molecule has 3 N–H and O–H groups in total. The number of halogens is 3. The Hall–Kier alpha value is -5.44. The van der Waals surface area contributed by atoms with Crippen molar-refractivity contribution in [2.75, 3.05) is 42.7 Å². The number of carbonyl (C=O) groups excluding carboxylic acids is 3. The molecule has 4 rings (SSSR count). The molecule has 2 aromatic rings. The second-order valence-electron chi connectivity index (χ2n) is 10.2. The molecule has 0 saturated carbocycles. The van der Waals surface area contributed by atoms with Crippen LogP contribution in [0.5, 0.6) is 0 Å². The van der Waals surface area contributed by atoms with Gasteiger partial charge in [0.15, 0.2) is 0 Å². The molecule has 2 aliphatic heterocycles. The van der Waals surface area contributed by atoms with Crippen molar-refractivity contribution in [3.05, 3.63) is 69.1 Å². The van der Waals surface area contributed by atoms with Crippen LogP contribution in [0.2, 0.25) is 0 Å². The number of rotatable bonds is 11. The van der Waals surface area contributed by atoms with Gasteiger partial charge in [0.05, 0.1) is 16.9 Å². The zero-order valence-corrected chi connectivity index (χ0v) is 27.7. The summed E-state index contributed by atoms with van der Waals surface area (Å²) >= 11 is 0.837. The van der Waals surface area contributed by atoms with Crippen LogP contribution in [-0.4, -0.2) is 97.6 Å². The van der Waals surface area contributed by atoms with E-state index in [4.69, 9.17) is 9.52 Å². The number of hydrogen-bond acceptors (Lipinski definition) is 12. The Bertz CT molecular complexity index is 2050. The van der Waals surface area contributed by atoms with Crippen molar-refractivity contribution in [1.82, 2.24) is 14.4 Å². The standard InChI is InChI=1S/C29H26F3N5O11S2/c1-4-34-15-9-8-14(29(30,31)32)10-16(15)33(2)17(34)6-5-7-18(38)35(11-19(39)40)27(49-3)22-24(45)36(12-20(41)42)26(48-22)23-25(46)37(13-21(43)44)28(47)50-23/h5-10H,4,11-13H2,1-3H3,(H,39,40)(H,41,42)(H,43,44)/b7-5?,17-6?,26-23+,27-22+. The van der Waals surface area contributed by atoms with Gasteiger partial charge in [0.1, 0.15) is 35.4 Å². The highest BCUT2D eigenvalue weighted by Gasteiger charge is 2.39. The first-order valence-corrected chi connectivity index (χ1v) is 16.1. The van der Waals surface area contributed by atoms with Gasteiger partial charge in [-0.1, -0.05) is 6.08 Å². The number of thioether (sulfide) groups is 2. The minimum Gasteiger partial charge on any atom is -0.480 e. The molecule has 1 aromatic heterocycles. The Balaban J connectivity index is 1.81. The van der Waals surface area contributed by atoms with Gasteiger partial charge >= 0.3 is 24.1 Å². The number of carbonyl (C=O) groups is 6. The number of aromatic nitrogens is 1. The first-order valence-electron chi connectivity index (χ1n) is 14.0. The number of amides is 3. The third kappa shape index (κ3) is 7.42. The number of aliphatic carboxylic acids is 3. The summed E-state index contributed by atoms with van der Waals surface area (Å²) in [5.74, 6) is -6.50. The summed E-state index contributed by atoms with van der Waals surface area (Å²) < 4.78 is 46.1. The molecule has 21 heteroatoms. The number of nitrogens with zero attached hydrogens (tertiary/aromatic N) is 5. The molecule has 50 heavy (non-hydrogen) atoms. The van der Waals surface area contributed by atoms with E-state index in [0.29, 0.717) is 44.2 Å². The van der Waals surface area contributed by atoms with E-state index in [1.807, 2.05) is 0 Å². The van der Waals surface area contributed by atoms with Gasteiger partial charge < -0.3 is 29.5 Å². The molecule has 1 aromatic carbocycles. The van der Waals surface area contributed by atoms with Crippen LogP contribution < -0.4 is 26.3 Å². The normalized spacial score (nSPS) is 17.2. The van der Waals surface area contributed by atoms with E-state index in [1.165, 1.54) is 36.4 Å². The van der Waals surface area contributed by atoms with Crippen LogP contribution in [0.25, 0.3) is 9.93 Å². The van der Waals surface area contributed by atoms with Gasteiger partial charge in [-0.2, -0.15) is 13.2 Å². The van der Waals surface area contributed by atoms with E-state index in [1.54, 1.807) is 11.8 Å². The monoisotopic (exact) mass is 741 g/mol. The van der Waals surface area contributed by atoms with Gasteiger partial charge in [0.25, 0.3) is 22.6 Å². The molecule has 266 valence electrons. The highest BCUT2D eigenvalue weighted by molar-refractivity contribution is 8.22. The molecule has 0 spiro atoms. The summed E-state index contributed by atoms with van der Waals surface area (Å²) in [4.78, 5) is 90.3. The number of allylic oxidation sites excluding steroid dienone is 2. The number of carboxylic acids is 3. The molecular formula is C29H26F3N5O11S2. The first-order chi connectivity index (χ1) is 23.4. The van der Waals surface area contributed by atoms with Crippen molar-refractivity contribution in [1.29, 1.82) is 0 Å². The molecule has 0 radical (unpaired) electrons. The topological polar surface area (TPSA) is 211 Å². The molecule has 0 unspecified atom stereocenters. The molecule has 2 aliphatic rings. The number of oxazole rings is 1. The molecule has 16 nitrogen and oxygen atoms in total. The SMILES string of the molecule is CCN1C(=CC=CC(=O)N(CC(=O)O)/C(SC)=c2\o/c(=C3/SC(=O)N(CC(=O)O)C3=O)n(CC(=O)O)c2=O)N(C)c2cc(C(F)(F)F)ccc21. The summed E-state index contributed by atoms with van der Waals surface area (Å²) in [5, 5.41) is 26.6. The Morgan fingerprint density at radius 2 is 1.66 bits per heavy atom. The number of alkyl halides is 3. The summed E-state index contributed by atoms with van der Waals surface area (Å²) in [6.45, 7) is -1.09. The Morgan fingerprint density at radius 3 is 2.22 bits per heavy atom. The smallest absolute Gasteiger partial charge is 0.416 e. The lowest BCUT2D eigenvalue weighted by Crippen LogP contribution is -2.40. The minimum absolute atomic E-state index is 0.180. The van der Waals surface area contributed by atoms with Gasteiger partial charge in [-0.3, -0.25) is 47.9 Å². The number of imide groups is 1. The molecule has 0 atom stereocenters.